The lowest BCUT2D eigenvalue weighted by molar-refractivity contribution is 0.513. The first kappa shape index (κ1) is 15.4. The molecule has 1 N–H and O–H groups in total. The van der Waals surface area contributed by atoms with Gasteiger partial charge in [-0.25, -0.2) is 0 Å². The van der Waals surface area contributed by atoms with Crippen molar-refractivity contribution in [3.05, 3.63) is 71.8 Å². The summed E-state index contributed by atoms with van der Waals surface area (Å²) in [6.45, 7) is 1.12. The van der Waals surface area contributed by atoms with Crippen molar-refractivity contribution < 1.29 is 0 Å². The number of halogens is 1. The molecule has 0 amide bonds. The maximum Gasteiger partial charge on any atom is 0.0267 e. The van der Waals surface area contributed by atoms with Crippen molar-refractivity contribution in [2.24, 2.45) is 0 Å². The molecule has 20 heavy (non-hydrogen) atoms. The van der Waals surface area contributed by atoms with E-state index in [0.29, 0.717) is 12.0 Å². The Bertz CT molecular complexity index is 457. The van der Waals surface area contributed by atoms with Crippen LogP contribution in [-0.4, -0.2) is 24.1 Å². The highest BCUT2D eigenvalue weighted by Gasteiger charge is 2.26. The van der Waals surface area contributed by atoms with Gasteiger partial charge in [0.1, 0.15) is 0 Å². The van der Waals surface area contributed by atoms with Crippen LogP contribution in [-0.2, 0) is 0 Å². The maximum atomic E-state index is 3.70. The van der Waals surface area contributed by atoms with Crippen molar-refractivity contribution in [2.45, 2.75) is 12.0 Å². The first-order valence-electron chi connectivity index (χ1n) is 6.86. The normalized spacial score (nSPS) is 18.6. The van der Waals surface area contributed by atoms with Crippen LogP contribution < -0.4 is 5.32 Å². The zero-order valence-electron chi connectivity index (χ0n) is 11.4. The number of benzene rings is 2. The van der Waals surface area contributed by atoms with Gasteiger partial charge in [-0.3, -0.25) is 0 Å². The Morgan fingerprint density at radius 2 is 1.45 bits per heavy atom. The molecule has 0 aliphatic carbocycles. The van der Waals surface area contributed by atoms with Gasteiger partial charge in [0.2, 0.25) is 0 Å². The first-order chi connectivity index (χ1) is 9.45. The van der Waals surface area contributed by atoms with E-state index in [2.05, 4.69) is 77.7 Å². The SMILES string of the molecule is Cl.c1ccc(C(c2ccccc2)C2CSCCN2)cc1. The molecule has 3 heteroatoms. The zero-order valence-corrected chi connectivity index (χ0v) is 13.0. The molecule has 0 aromatic heterocycles. The Morgan fingerprint density at radius 1 is 0.900 bits per heavy atom. The van der Waals surface area contributed by atoms with Crippen LogP contribution in [0.1, 0.15) is 17.0 Å². The van der Waals surface area contributed by atoms with Crippen LogP contribution in [0.25, 0.3) is 0 Å². The number of rotatable bonds is 3. The average molecular weight is 306 g/mol. The Hall–Kier alpha value is -0.960. The summed E-state index contributed by atoms with van der Waals surface area (Å²) >= 11 is 2.06. The predicted molar refractivity (Wildman–Crippen MR) is 91.1 cm³/mol. The zero-order chi connectivity index (χ0) is 12.9. The third-order valence-corrected chi connectivity index (χ3v) is 4.76. The Morgan fingerprint density at radius 3 is 1.90 bits per heavy atom. The highest BCUT2D eigenvalue weighted by Crippen LogP contribution is 2.30. The lowest BCUT2D eigenvalue weighted by Gasteiger charge is -2.32. The van der Waals surface area contributed by atoms with E-state index in [4.69, 9.17) is 0 Å². The molecule has 1 fully saturated rings. The third-order valence-electron chi connectivity index (χ3n) is 3.67. The summed E-state index contributed by atoms with van der Waals surface area (Å²) in [5, 5.41) is 3.70. The number of hydrogen-bond acceptors (Lipinski definition) is 2. The van der Waals surface area contributed by atoms with Crippen LogP contribution in [0, 0.1) is 0 Å². The maximum absolute atomic E-state index is 3.70. The second-order valence-electron chi connectivity index (χ2n) is 4.93. The fraction of sp³-hybridized carbons (Fsp3) is 0.294. The van der Waals surface area contributed by atoms with E-state index in [1.54, 1.807) is 0 Å². The molecule has 0 spiro atoms. The third kappa shape index (κ3) is 3.57. The molecule has 106 valence electrons. The first-order valence-corrected chi connectivity index (χ1v) is 8.01. The van der Waals surface area contributed by atoms with E-state index in [-0.39, 0.29) is 12.4 Å². The van der Waals surface area contributed by atoms with Crippen LogP contribution in [0.5, 0.6) is 0 Å². The molecule has 1 nitrogen and oxygen atoms in total. The van der Waals surface area contributed by atoms with Crippen LogP contribution in [0.15, 0.2) is 60.7 Å². The number of hydrogen-bond donors (Lipinski definition) is 1. The molecule has 0 radical (unpaired) electrons. The Kier molecular flexibility index (Phi) is 5.96. The van der Waals surface area contributed by atoms with Gasteiger partial charge in [-0.15, -0.1) is 12.4 Å². The van der Waals surface area contributed by atoms with Gasteiger partial charge in [0.25, 0.3) is 0 Å². The Balaban J connectivity index is 0.00000147. The molecule has 1 heterocycles. The second-order valence-corrected chi connectivity index (χ2v) is 6.08. The molecule has 0 saturated carbocycles. The molecule has 1 atom stereocenters. The van der Waals surface area contributed by atoms with Crippen molar-refractivity contribution in [1.29, 1.82) is 0 Å². The topological polar surface area (TPSA) is 12.0 Å². The van der Waals surface area contributed by atoms with E-state index in [1.807, 2.05) is 0 Å². The van der Waals surface area contributed by atoms with E-state index in [9.17, 15) is 0 Å². The van der Waals surface area contributed by atoms with Crippen molar-refractivity contribution >= 4 is 24.2 Å². The summed E-state index contributed by atoms with van der Waals surface area (Å²) in [5.41, 5.74) is 2.82. The smallest absolute Gasteiger partial charge is 0.0267 e. The molecular weight excluding hydrogens is 286 g/mol. The van der Waals surface area contributed by atoms with Gasteiger partial charge in [-0.2, -0.15) is 11.8 Å². The van der Waals surface area contributed by atoms with E-state index in [1.165, 1.54) is 22.6 Å². The van der Waals surface area contributed by atoms with Gasteiger partial charge in [-0.05, 0) is 11.1 Å². The molecule has 1 aliphatic heterocycles. The largest absolute Gasteiger partial charge is 0.311 e. The molecule has 1 aliphatic rings. The highest BCUT2D eigenvalue weighted by atomic mass is 35.5. The summed E-state index contributed by atoms with van der Waals surface area (Å²) < 4.78 is 0. The fourth-order valence-corrected chi connectivity index (χ4v) is 3.77. The quantitative estimate of drug-likeness (QED) is 0.921. The molecule has 2 aromatic rings. The van der Waals surface area contributed by atoms with E-state index < -0.39 is 0 Å². The lowest BCUT2D eigenvalue weighted by atomic mass is 9.85. The number of nitrogens with one attached hydrogen (secondary N) is 1. The Labute approximate surface area is 131 Å². The summed E-state index contributed by atoms with van der Waals surface area (Å²) in [4.78, 5) is 0. The molecule has 1 saturated heterocycles. The molecule has 0 bridgehead atoms. The van der Waals surface area contributed by atoms with Gasteiger partial charge in [0.05, 0.1) is 0 Å². The van der Waals surface area contributed by atoms with Crippen LogP contribution in [0.2, 0.25) is 0 Å². The van der Waals surface area contributed by atoms with E-state index >= 15 is 0 Å². The van der Waals surface area contributed by atoms with Gasteiger partial charge in [-0.1, -0.05) is 60.7 Å². The van der Waals surface area contributed by atoms with Gasteiger partial charge in [0, 0.05) is 30.0 Å². The monoisotopic (exact) mass is 305 g/mol. The molecule has 3 rings (SSSR count). The average Bonchev–Trinajstić information content (AvgIpc) is 2.51. The van der Waals surface area contributed by atoms with Crippen molar-refractivity contribution in [3.8, 4) is 0 Å². The minimum atomic E-state index is 0. The predicted octanol–water partition coefficient (Wildman–Crippen LogP) is 3.95. The van der Waals surface area contributed by atoms with Crippen LogP contribution >= 0.6 is 24.2 Å². The van der Waals surface area contributed by atoms with E-state index in [0.717, 1.165) is 6.54 Å². The van der Waals surface area contributed by atoms with Crippen LogP contribution in [0.3, 0.4) is 0 Å². The van der Waals surface area contributed by atoms with Gasteiger partial charge >= 0.3 is 0 Å². The number of thioether (sulfide) groups is 1. The van der Waals surface area contributed by atoms with Gasteiger partial charge in [0.15, 0.2) is 0 Å². The minimum Gasteiger partial charge on any atom is -0.311 e. The molecule has 1 unspecified atom stereocenters. The highest BCUT2D eigenvalue weighted by molar-refractivity contribution is 7.99. The van der Waals surface area contributed by atoms with Crippen molar-refractivity contribution in [1.82, 2.24) is 5.32 Å². The van der Waals surface area contributed by atoms with Crippen molar-refractivity contribution in [3.63, 3.8) is 0 Å². The fourth-order valence-electron chi connectivity index (χ4n) is 2.78. The standard InChI is InChI=1S/C17H19NS.ClH/c1-3-7-14(8-4-1)17(15-9-5-2-6-10-15)16-13-19-12-11-18-16;/h1-10,16-18H,11-13H2;1H. The lowest BCUT2D eigenvalue weighted by Crippen LogP contribution is -2.42. The second kappa shape index (κ2) is 7.72. The summed E-state index contributed by atoms with van der Waals surface area (Å²) in [5.74, 6) is 2.87. The van der Waals surface area contributed by atoms with Gasteiger partial charge < -0.3 is 5.32 Å². The summed E-state index contributed by atoms with van der Waals surface area (Å²) in [6.07, 6.45) is 0. The van der Waals surface area contributed by atoms with Crippen molar-refractivity contribution in [2.75, 3.05) is 18.1 Å². The minimum absolute atomic E-state index is 0. The summed E-state index contributed by atoms with van der Waals surface area (Å²) in [6, 6.07) is 22.3. The molecule has 2 aromatic carbocycles. The van der Waals surface area contributed by atoms with Crippen LogP contribution in [0.4, 0.5) is 0 Å². The molecular formula is C17H20ClNS. The summed E-state index contributed by atoms with van der Waals surface area (Å²) in [7, 11) is 0.